The first-order chi connectivity index (χ1) is 8.84. The molecule has 0 aliphatic rings. The van der Waals surface area contributed by atoms with Gasteiger partial charge in [0.1, 0.15) is 0 Å². The second-order valence-corrected chi connectivity index (χ2v) is 3.32. The van der Waals surface area contributed by atoms with E-state index in [-0.39, 0.29) is 0 Å². The van der Waals surface area contributed by atoms with Crippen LogP contribution in [0.4, 0.5) is 0 Å². The van der Waals surface area contributed by atoms with Gasteiger partial charge in [-0.25, -0.2) is 0 Å². The fourth-order valence-electron chi connectivity index (χ4n) is 0. The summed E-state index contributed by atoms with van der Waals surface area (Å²) in [5.74, 6) is -2.50. The van der Waals surface area contributed by atoms with Crippen LogP contribution in [0.5, 0.6) is 0 Å². The number of carboxylic acids is 3. The Kier molecular flexibility index (Phi) is 47.3. The van der Waals surface area contributed by atoms with E-state index in [1.807, 2.05) is 0 Å². The molecule has 0 atom stereocenters. The quantitative estimate of drug-likeness (QED) is 0.451. The molecule has 0 aromatic rings. The van der Waals surface area contributed by atoms with Crippen LogP contribution in [-0.4, -0.2) is 43.0 Å². The maximum Gasteiger partial charge on any atom is 0.692 e. The molecule has 0 fully saturated rings. The zero-order valence-electron chi connectivity index (χ0n) is 12.2. The molecule has 0 spiro atoms. The van der Waals surface area contributed by atoms with Crippen molar-refractivity contribution in [2.24, 2.45) is 0 Å². The molecule has 10 heteroatoms. The van der Waals surface area contributed by atoms with Gasteiger partial charge >= 0.3 is 8.25 Å². The van der Waals surface area contributed by atoms with Gasteiger partial charge in [-0.3, -0.25) is 14.4 Å². The minimum absolute atomic E-state index is 0.833. The third-order valence-corrected chi connectivity index (χ3v) is 0.500. The van der Waals surface area contributed by atoms with Crippen molar-refractivity contribution in [3.63, 3.8) is 0 Å². The van der Waals surface area contributed by atoms with Crippen LogP contribution < -0.4 is 0 Å². The van der Waals surface area contributed by atoms with Gasteiger partial charge < -0.3 is 15.3 Å². The van der Waals surface area contributed by atoms with Crippen molar-refractivity contribution < 1.29 is 44.1 Å². The van der Waals surface area contributed by atoms with Gasteiger partial charge in [-0.2, -0.15) is 0 Å². The fourth-order valence-corrected chi connectivity index (χ4v) is 0. The second kappa shape index (κ2) is 30.5. The monoisotopic (exact) mass is 319 g/mol. The average molecular weight is 319 g/mol. The number of hydrogen-bond donors (Lipinski definition) is 5. The smallest absolute Gasteiger partial charge is 0.481 e. The molecule has 0 aromatic carbocycles. The summed E-state index contributed by atoms with van der Waals surface area (Å²) < 4.78 is 8.70. The van der Waals surface area contributed by atoms with E-state index in [4.69, 9.17) is 44.1 Å². The van der Waals surface area contributed by atoms with E-state index in [9.17, 15) is 0 Å². The van der Waals surface area contributed by atoms with E-state index >= 15 is 0 Å². The lowest BCUT2D eigenvalue weighted by Crippen LogP contribution is -1.78. The zero-order chi connectivity index (χ0) is 17.7. The molecule has 0 unspecified atom stereocenters. The lowest BCUT2D eigenvalue weighted by Gasteiger charge is -1.68. The Bertz CT molecular complexity index is 187. The highest BCUT2D eigenvalue weighted by Gasteiger charge is 1.93. The lowest BCUT2D eigenvalue weighted by atomic mass is 10.4. The molecule has 0 aliphatic heterocycles. The van der Waals surface area contributed by atoms with Crippen LogP contribution in [0.2, 0.25) is 0 Å². The Balaban J connectivity index is -0.0000000469. The molecule has 20 heavy (non-hydrogen) atoms. The van der Waals surface area contributed by atoms with E-state index in [2.05, 4.69) is 13.8 Å². The van der Waals surface area contributed by atoms with Gasteiger partial charge in [0, 0.05) is 25.3 Å². The molecule has 0 bridgehead atoms. The van der Waals surface area contributed by atoms with Gasteiger partial charge in [0.05, 0.1) is 0 Å². The van der Waals surface area contributed by atoms with Crippen molar-refractivity contribution in [2.75, 3.05) is 0 Å². The maximum absolute atomic E-state index is 9.00. The molecular formula is C10H24O9P+. The van der Waals surface area contributed by atoms with Gasteiger partial charge in [-0.15, -0.1) is 9.79 Å². The fraction of sp³-hybridized carbons (Fsp3) is 0.700. The third kappa shape index (κ3) is 12000. The van der Waals surface area contributed by atoms with Gasteiger partial charge in [0.25, 0.3) is 17.9 Å². The number of unbranched alkanes of at least 4 members (excludes halogenated alkanes) is 1. The summed E-state index contributed by atoms with van der Waals surface area (Å²) in [7, 11) is -2.87. The molecule has 122 valence electrons. The maximum atomic E-state index is 9.00. The Morgan fingerprint density at radius 1 is 0.750 bits per heavy atom. The number of carboxylic acid groups (broad SMARTS) is 3. The highest BCUT2D eigenvalue weighted by atomic mass is 31.1. The van der Waals surface area contributed by atoms with Crippen molar-refractivity contribution in [1.82, 2.24) is 0 Å². The molecular weight excluding hydrogens is 295 g/mol. The number of hydrogen-bond acceptors (Lipinski definition) is 4. The van der Waals surface area contributed by atoms with E-state index in [0.717, 1.165) is 20.8 Å². The van der Waals surface area contributed by atoms with Gasteiger partial charge in [-0.05, 0) is 0 Å². The van der Waals surface area contributed by atoms with Crippen LogP contribution in [0.1, 0.15) is 47.5 Å². The van der Waals surface area contributed by atoms with Crippen molar-refractivity contribution >= 4 is 26.2 Å². The first kappa shape index (κ1) is 31.0. The summed E-state index contributed by atoms with van der Waals surface area (Å²) in [6, 6.07) is 0. The predicted octanol–water partition coefficient (Wildman–Crippen LogP) is 1.71. The van der Waals surface area contributed by atoms with E-state index in [1.54, 1.807) is 0 Å². The van der Waals surface area contributed by atoms with Crippen LogP contribution >= 0.6 is 8.25 Å². The molecule has 0 amide bonds. The van der Waals surface area contributed by atoms with Crippen LogP contribution in [0.25, 0.3) is 0 Å². The Morgan fingerprint density at radius 2 is 0.800 bits per heavy atom. The molecule has 0 saturated heterocycles. The topological polar surface area (TPSA) is 169 Å². The Morgan fingerprint density at radius 3 is 0.800 bits per heavy atom. The van der Waals surface area contributed by atoms with Crippen LogP contribution in [0.15, 0.2) is 0 Å². The van der Waals surface area contributed by atoms with Gasteiger partial charge in [0.15, 0.2) is 0 Å². The molecule has 0 radical (unpaired) electrons. The molecule has 0 aromatic heterocycles. The van der Waals surface area contributed by atoms with E-state index in [0.29, 0.717) is 0 Å². The molecule has 9 nitrogen and oxygen atoms in total. The second-order valence-electron chi connectivity index (χ2n) is 2.81. The number of rotatable bonds is 1. The highest BCUT2D eigenvalue weighted by molar-refractivity contribution is 7.30. The van der Waals surface area contributed by atoms with Crippen LogP contribution in [0, 0.1) is 0 Å². The van der Waals surface area contributed by atoms with Crippen molar-refractivity contribution in [3.8, 4) is 0 Å². The van der Waals surface area contributed by atoms with Crippen molar-refractivity contribution in [1.29, 1.82) is 0 Å². The first-order valence-electron chi connectivity index (χ1n) is 5.28. The SMILES string of the molecule is CC(=O)O.CC(=O)O.CC(=O)O.CCCC.O=[P+](O)O. The number of aliphatic carboxylic acids is 3. The summed E-state index contributed by atoms with van der Waals surface area (Å²) >= 11 is 0. The highest BCUT2D eigenvalue weighted by Crippen LogP contribution is 1.98. The molecule has 5 N–H and O–H groups in total. The first-order valence-corrected chi connectivity index (χ1v) is 6.45. The summed E-state index contributed by atoms with van der Waals surface area (Å²) in [4.78, 5) is 41.2. The molecule has 0 heterocycles. The molecule has 0 aliphatic carbocycles. The molecule has 0 rings (SSSR count). The predicted molar refractivity (Wildman–Crippen MR) is 72.6 cm³/mol. The largest absolute Gasteiger partial charge is 0.692 e. The van der Waals surface area contributed by atoms with Gasteiger partial charge in [0.2, 0.25) is 0 Å². The Hall–Kier alpha value is -1.57. The molecule has 0 saturated carbocycles. The Labute approximate surface area is 118 Å². The summed E-state index contributed by atoms with van der Waals surface area (Å²) in [5, 5.41) is 22.2. The summed E-state index contributed by atoms with van der Waals surface area (Å²) in [6.45, 7) is 7.61. The van der Waals surface area contributed by atoms with Gasteiger partial charge in [-0.1, -0.05) is 26.7 Å². The lowest BCUT2D eigenvalue weighted by molar-refractivity contribution is -0.135. The standard InChI is InChI=1S/C4H10.3C2H4O2.HO3P/c1-3-4-2;3*1-2(3)4;1-4(2)3/h3-4H2,1-2H3;3*1H3,(H,3,4);(H-,1,2,3)/p+1. The minimum Gasteiger partial charge on any atom is -0.481 e. The number of carbonyl (C=O) groups is 3. The normalized spacial score (nSPS) is 6.55. The van der Waals surface area contributed by atoms with Crippen molar-refractivity contribution in [2.45, 2.75) is 47.5 Å². The van der Waals surface area contributed by atoms with E-state index < -0.39 is 26.2 Å². The minimum atomic E-state index is -2.87. The zero-order valence-corrected chi connectivity index (χ0v) is 13.1. The van der Waals surface area contributed by atoms with Crippen LogP contribution in [-0.2, 0) is 18.9 Å². The van der Waals surface area contributed by atoms with Crippen molar-refractivity contribution in [3.05, 3.63) is 0 Å². The summed E-state index contributed by atoms with van der Waals surface area (Å²) in [6.07, 6.45) is 2.64. The van der Waals surface area contributed by atoms with E-state index in [1.165, 1.54) is 12.8 Å². The van der Waals surface area contributed by atoms with Crippen LogP contribution in [0.3, 0.4) is 0 Å². The summed E-state index contributed by atoms with van der Waals surface area (Å²) in [5.41, 5.74) is 0. The third-order valence-electron chi connectivity index (χ3n) is 0.500. The average Bonchev–Trinajstić information content (AvgIpc) is 2.13.